The van der Waals surface area contributed by atoms with Crippen LogP contribution >= 0.6 is 0 Å². The first kappa shape index (κ1) is 66.1. The van der Waals surface area contributed by atoms with Crippen molar-refractivity contribution >= 4 is 51.9 Å². The number of carbonyl (C=O) groups is 3. The first-order valence-electron chi connectivity index (χ1n) is 29.7. The Morgan fingerprint density at radius 1 is 0.691 bits per heavy atom. The van der Waals surface area contributed by atoms with Crippen molar-refractivity contribution in [1.82, 2.24) is 34.2 Å². The normalized spacial score (nSPS) is 20.2. The molecule has 4 aromatic carbocycles. The number of imidazole rings is 2. The SMILES string of the molecule is COc1cc2c(cc1OCc1cc(COc3cc4c(cc3OC)C(=O)N3Cc5ncn(C)c5C[C@H]3C=N4)cc(OS(=O)(=O)Oc3cc(C(=O)NCCOCCOCCOCCN=[N+]=[N-])ccc3OC3O[C@H](CO)[C@H](O)[C@H](O)[C@H]3O)c1)N=C[C@@H]1Cc3c(ncn3C)CN1C2=O. The topological polar surface area (TPSA) is 395 Å². The minimum absolute atomic E-state index is 0.00623. The number of azide groups is 1. The number of aliphatic imine (C=N–C) groups is 2. The Bertz CT molecular complexity index is 3860. The zero-order valence-electron chi connectivity index (χ0n) is 51.4. The van der Waals surface area contributed by atoms with Gasteiger partial charge in [0, 0.05) is 86.5 Å². The van der Waals surface area contributed by atoms with E-state index in [0.717, 1.165) is 34.9 Å². The number of benzene rings is 4. The van der Waals surface area contributed by atoms with Crippen LogP contribution in [0.3, 0.4) is 0 Å². The fraction of sp³-hybridized carbons (Fsp3) is 0.426. The van der Waals surface area contributed by atoms with E-state index in [9.17, 15) is 43.2 Å². The molecule has 32 nitrogen and oxygen atoms in total. The van der Waals surface area contributed by atoms with Gasteiger partial charge in [-0.2, -0.15) is 0 Å². The summed E-state index contributed by atoms with van der Waals surface area (Å²) in [5.41, 5.74) is 13.5. The monoisotopic (exact) mass is 1320 g/mol. The van der Waals surface area contributed by atoms with Gasteiger partial charge in [-0.3, -0.25) is 24.4 Å². The van der Waals surface area contributed by atoms with Crippen LogP contribution in [-0.2, 0) is 82.6 Å². The number of aryl methyl sites for hydroxylation is 2. The molecule has 3 amide bonds. The highest BCUT2D eigenvalue weighted by molar-refractivity contribution is 7.82. The second kappa shape index (κ2) is 29.3. The number of rotatable bonds is 28. The number of hydrogen-bond donors (Lipinski definition) is 5. The van der Waals surface area contributed by atoms with Crippen LogP contribution in [-0.4, -0.2) is 204 Å². The van der Waals surface area contributed by atoms with E-state index in [1.165, 1.54) is 44.6 Å². The van der Waals surface area contributed by atoms with Crippen molar-refractivity contribution < 1.29 is 94.2 Å². The number of methoxy groups -OCH3 is 2. The predicted molar refractivity (Wildman–Crippen MR) is 328 cm³/mol. The largest absolute Gasteiger partial charge is 0.501 e. The Kier molecular flexibility index (Phi) is 20.6. The van der Waals surface area contributed by atoms with Gasteiger partial charge in [0.2, 0.25) is 6.29 Å². The van der Waals surface area contributed by atoms with Crippen molar-refractivity contribution in [1.29, 1.82) is 0 Å². The number of nitrogens with zero attached hydrogens (tertiary/aromatic N) is 11. The first-order valence-corrected chi connectivity index (χ1v) is 31.0. The van der Waals surface area contributed by atoms with Crippen LogP contribution in [0.25, 0.3) is 10.4 Å². The molecule has 5 aliphatic heterocycles. The maximum absolute atomic E-state index is 14.4. The molecule has 1 saturated heterocycles. The van der Waals surface area contributed by atoms with Gasteiger partial charge >= 0.3 is 10.4 Å². The highest BCUT2D eigenvalue weighted by Crippen LogP contribution is 2.42. The maximum atomic E-state index is 14.4. The van der Waals surface area contributed by atoms with Gasteiger partial charge in [0.15, 0.2) is 34.5 Å². The lowest BCUT2D eigenvalue weighted by molar-refractivity contribution is -0.277. The molecule has 6 aromatic rings. The van der Waals surface area contributed by atoms with Gasteiger partial charge in [-0.15, -0.1) is 8.42 Å². The molecule has 1 fully saturated rings. The molecule has 0 spiro atoms. The molecule has 33 heteroatoms. The summed E-state index contributed by atoms with van der Waals surface area (Å²) in [6.07, 6.45) is -1.000. The quantitative estimate of drug-likeness (QED) is 0.0204. The summed E-state index contributed by atoms with van der Waals surface area (Å²) in [7, 11) is 1.32. The summed E-state index contributed by atoms with van der Waals surface area (Å²) >= 11 is 0. The van der Waals surface area contributed by atoms with Gasteiger partial charge < -0.3 is 95.7 Å². The number of aliphatic hydroxyl groups is 4. The Morgan fingerprint density at radius 2 is 1.24 bits per heavy atom. The van der Waals surface area contributed by atoms with E-state index in [0.29, 0.717) is 35.3 Å². The molecule has 1 unspecified atom stereocenters. The summed E-state index contributed by atoms with van der Waals surface area (Å²) in [5.74, 6) is -2.07. The summed E-state index contributed by atoms with van der Waals surface area (Å²) in [5, 5.41) is 47.9. The molecule has 94 heavy (non-hydrogen) atoms. The van der Waals surface area contributed by atoms with Crippen molar-refractivity contribution in [3.8, 4) is 40.2 Å². The lowest BCUT2D eigenvalue weighted by Crippen LogP contribution is -2.60. The molecular weight excluding hydrogens is 1250 g/mol. The number of fused-ring (bicyclic) bond motifs is 6. The van der Waals surface area contributed by atoms with E-state index >= 15 is 0 Å². The van der Waals surface area contributed by atoms with Gasteiger partial charge in [0.05, 0.1) is 132 Å². The van der Waals surface area contributed by atoms with Gasteiger partial charge in [-0.25, -0.2) is 9.97 Å². The Hall–Kier alpha value is -9.41. The van der Waals surface area contributed by atoms with Crippen molar-refractivity contribution in [2.24, 2.45) is 29.2 Å². The van der Waals surface area contributed by atoms with Gasteiger partial charge in [-0.05, 0) is 65.2 Å². The molecule has 5 N–H and O–H groups in total. The lowest BCUT2D eigenvalue weighted by atomic mass is 9.99. The average Bonchev–Trinajstić information content (AvgIpc) is 1.56. The van der Waals surface area contributed by atoms with Crippen molar-refractivity contribution in [2.75, 3.05) is 73.6 Å². The van der Waals surface area contributed by atoms with Crippen molar-refractivity contribution in [3.05, 3.63) is 134 Å². The van der Waals surface area contributed by atoms with Crippen LogP contribution in [0.4, 0.5) is 11.4 Å². The van der Waals surface area contributed by atoms with E-state index in [-0.39, 0.29) is 148 Å². The van der Waals surface area contributed by atoms with Crippen LogP contribution in [0, 0.1) is 0 Å². The minimum atomic E-state index is -5.30. The Labute approximate surface area is 537 Å². The van der Waals surface area contributed by atoms with Crippen LogP contribution in [0.1, 0.15) is 65.0 Å². The van der Waals surface area contributed by atoms with Crippen molar-refractivity contribution in [3.63, 3.8) is 0 Å². The predicted octanol–water partition coefficient (Wildman–Crippen LogP) is 2.87. The Balaban J connectivity index is 0.852. The van der Waals surface area contributed by atoms with Crippen LogP contribution in [0.2, 0.25) is 0 Å². The van der Waals surface area contributed by atoms with E-state index in [1.54, 1.807) is 53.1 Å². The van der Waals surface area contributed by atoms with Gasteiger partial charge in [0.25, 0.3) is 17.7 Å². The summed E-state index contributed by atoms with van der Waals surface area (Å²) in [6, 6.07) is 13.2. The number of carbonyl (C=O) groups excluding carboxylic acids is 3. The highest BCUT2D eigenvalue weighted by atomic mass is 32.3. The Morgan fingerprint density at radius 3 is 1.79 bits per heavy atom. The molecule has 11 rings (SSSR count). The first-order chi connectivity index (χ1) is 45.4. The van der Waals surface area contributed by atoms with E-state index < -0.39 is 65.1 Å². The summed E-state index contributed by atoms with van der Waals surface area (Å²) < 4.78 is 95.8. The average molecular weight is 1320 g/mol. The number of aromatic nitrogens is 4. The number of nitrogens with one attached hydrogen (secondary N) is 1. The van der Waals surface area contributed by atoms with E-state index in [1.807, 2.05) is 23.2 Å². The highest BCUT2D eigenvalue weighted by Gasteiger charge is 2.45. The summed E-state index contributed by atoms with van der Waals surface area (Å²) in [4.78, 5) is 66.5. The number of hydrogen-bond acceptors (Lipinski definition) is 25. The zero-order chi connectivity index (χ0) is 66.2. The molecule has 0 radical (unpaired) electrons. The second-order valence-corrected chi connectivity index (χ2v) is 23.3. The fourth-order valence-electron chi connectivity index (χ4n) is 11.2. The molecule has 0 saturated carbocycles. The van der Waals surface area contributed by atoms with Crippen LogP contribution < -0.4 is 37.4 Å². The van der Waals surface area contributed by atoms with E-state index in [4.69, 9.17) is 66.5 Å². The van der Waals surface area contributed by atoms with E-state index in [2.05, 4.69) is 25.3 Å². The molecular formula is C61H68N12O20S. The standard InChI is InChI=1S/C61H68N12O20S/c1-70-32-66-44-27-72-37(19-46(44)70)25-64-42-23-51(49(83-3)21-40(42)59(72)79)88-30-34-15-35(31-89-52-24-43-41(22-50(52)84-4)60(80)73-28-45-47(71(2)33-67-45)20-38(73)26-65-43)17-39(16-34)92-94(81,82)93-53-18-36(5-6-48(53)90-61-57(77)56(76)55(75)54(29-74)91-61)58(78)63-7-9-85-11-13-87-14-12-86-10-8-68-69-62/h5-6,15-18,21-26,32-33,37-38,54-57,61,74-77H,7-14,19-20,27-31H2,1-4H3,(H,63,78)/t37-,38-,54+,55-,56-,57+,61?/m0/s1. The van der Waals surface area contributed by atoms with Crippen molar-refractivity contribution in [2.45, 2.75) is 81.9 Å². The lowest BCUT2D eigenvalue weighted by Gasteiger charge is -2.39. The third kappa shape index (κ3) is 14.8. The molecule has 0 bridgehead atoms. The smallest absolute Gasteiger partial charge is 0.493 e. The molecule has 0 aliphatic carbocycles. The maximum Gasteiger partial charge on any atom is 0.501 e. The molecule has 2 aromatic heterocycles. The van der Waals surface area contributed by atoms with Crippen LogP contribution in [0.15, 0.2) is 88.4 Å². The number of amides is 3. The molecule has 5 aliphatic rings. The number of aliphatic hydroxyl groups excluding tert-OH is 4. The third-order valence-electron chi connectivity index (χ3n) is 16.0. The van der Waals surface area contributed by atoms with Gasteiger partial charge in [-0.1, -0.05) is 5.11 Å². The molecule has 498 valence electrons. The third-order valence-corrected chi connectivity index (χ3v) is 16.8. The van der Waals surface area contributed by atoms with Crippen LogP contribution in [0.5, 0.6) is 40.2 Å². The van der Waals surface area contributed by atoms with Gasteiger partial charge in [0.1, 0.15) is 43.4 Å². The summed E-state index contributed by atoms with van der Waals surface area (Å²) in [6.45, 7) is 0.585. The fourth-order valence-corrected chi connectivity index (χ4v) is 11.9. The minimum Gasteiger partial charge on any atom is -0.493 e. The molecule has 7 atom stereocenters. The molecule has 7 heterocycles. The second-order valence-electron chi connectivity index (χ2n) is 22.2. The number of ether oxygens (including phenoxy) is 9. The zero-order valence-corrected chi connectivity index (χ0v) is 52.2.